The van der Waals surface area contributed by atoms with Crippen LogP contribution in [-0.4, -0.2) is 10.0 Å². The standard InChI is InChI=1S/C14H11Cl2N3O2S/c1-8-2-3-12(19(20)21)7-13(8)18-14(22)17-11-5-9(15)4-10(16)6-11/h2-7H,1H3,(H2,17,18,22). The quantitative estimate of drug-likeness (QED) is 0.459. The number of halogens is 2. The summed E-state index contributed by atoms with van der Waals surface area (Å²) in [5, 5.41) is 17.9. The first kappa shape index (κ1) is 16.5. The fourth-order valence-electron chi connectivity index (χ4n) is 1.77. The molecule has 0 amide bonds. The fourth-order valence-corrected chi connectivity index (χ4v) is 2.52. The molecule has 0 heterocycles. The summed E-state index contributed by atoms with van der Waals surface area (Å²) in [4.78, 5) is 10.4. The Morgan fingerprint density at radius 1 is 1.14 bits per heavy atom. The minimum Gasteiger partial charge on any atom is -0.332 e. The topological polar surface area (TPSA) is 67.2 Å². The lowest BCUT2D eigenvalue weighted by Gasteiger charge is -2.13. The van der Waals surface area contributed by atoms with E-state index in [-0.39, 0.29) is 10.8 Å². The number of nitro groups is 1. The third-order valence-electron chi connectivity index (χ3n) is 2.80. The van der Waals surface area contributed by atoms with Crippen molar-refractivity contribution in [3.63, 3.8) is 0 Å². The molecule has 22 heavy (non-hydrogen) atoms. The lowest BCUT2D eigenvalue weighted by atomic mass is 10.2. The predicted octanol–water partition coefficient (Wildman–Crippen LogP) is 5.02. The Morgan fingerprint density at radius 3 is 2.36 bits per heavy atom. The van der Waals surface area contributed by atoms with Crippen LogP contribution in [0.15, 0.2) is 36.4 Å². The minimum absolute atomic E-state index is 0.0123. The molecule has 0 aliphatic rings. The summed E-state index contributed by atoms with van der Waals surface area (Å²) in [6, 6.07) is 9.46. The van der Waals surface area contributed by atoms with Gasteiger partial charge in [-0.3, -0.25) is 10.1 Å². The van der Waals surface area contributed by atoms with Gasteiger partial charge in [0.15, 0.2) is 5.11 Å². The van der Waals surface area contributed by atoms with Crippen molar-refractivity contribution in [3.05, 3.63) is 62.1 Å². The molecule has 0 aliphatic carbocycles. The first-order valence-corrected chi connectivity index (χ1v) is 7.31. The first-order valence-electron chi connectivity index (χ1n) is 6.14. The van der Waals surface area contributed by atoms with Crippen LogP contribution in [0.1, 0.15) is 5.56 Å². The number of hydrogen-bond acceptors (Lipinski definition) is 3. The van der Waals surface area contributed by atoms with E-state index in [0.717, 1.165) is 5.56 Å². The molecule has 0 aromatic heterocycles. The molecule has 2 rings (SSSR count). The highest BCUT2D eigenvalue weighted by Gasteiger charge is 2.10. The lowest BCUT2D eigenvalue weighted by molar-refractivity contribution is -0.384. The van der Waals surface area contributed by atoms with Crippen LogP contribution in [0, 0.1) is 17.0 Å². The Balaban J connectivity index is 2.15. The smallest absolute Gasteiger partial charge is 0.271 e. The van der Waals surface area contributed by atoms with Crippen molar-refractivity contribution in [2.45, 2.75) is 6.92 Å². The number of rotatable bonds is 3. The lowest BCUT2D eigenvalue weighted by Crippen LogP contribution is -2.19. The van der Waals surface area contributed by atoms with Crippen molar-refractivity contribution in [1.29, 1.82) is 0 Å². The molecule has 2 aromatic rings. The number of nitrogens with zero attached hydrogens (tertiary/aromatic N) is 1. The van der Waals surface area contributed by atoms with E-state index in [1.54, 1.807) is 24.3 Å². The molecule has 0 aliphatic heterocycles. The summed E-state index contributed by atoms with van der Waals surface area (Å²) in [6.45, 7) is 1.82. The zero-order valence-electron chi connectivity index (χ0n) is 11.4. The van der Waals surface area contributed by atoms with E-state index in [1.165, 1.54) is 12.1 Å². The van der Waals surface area contributed by atoms with Crippen LogP contribution in [0.5, 0.6) is 0 Å². The molecule has 0 saturated heterocycles. The van der Waals surface area contributed by atoms with Gasteiger partial charge in [0.2, 0.25) is 0 Å². The van der Waals surface area contributed by atoms with Gasteiger partial charge in [-0.15, -0.1) is 0 Å². The first-order chi connectivity index (χ1) is 10.3. The maximum absolute atomic E-state index is 10.8. The van der Waals surface area contributed by atoms with Crippen LogP contribution in [0.2, 0.25) is 10.0 Å². The van der Waals surface area contributed by atoms with Crippen LogP contribution in [0.25, 0.3) is 0 Å². The summed E-state index contributed by atoms with van der Waals surface area (Å²) in [5.41, 5.74) is 2.00. The number of nitrogens with one attached hydrogen (secondary N) is 2. The molecule has 0 spiro atoms. The van der Waals surface area contributed by atoms with Gasteiger partial charge in [0.25, 0.3) is 5.69 Å². The van der Waals surface area contributed by atoms with E-state index < -0.39 is 4.92 Å². The minimum atomic E-state index is -0.460. The highest BCUT2D eigenvalue weighted by atomic mass is 35.5. The molecular formula is C14H11Cl2N3O2S. The number of aryl methyl sites for hydroxylation is 1. The second-order valence-corrected chi connectivity index (χ2v) is 5.77. The number of thiocarbonyl (C=S) groups is 1. The zero-order valence-corrected chi connectivity index (χ0v) is 13.7. The van der Waals surface area contributed by atoms with E-state index in [1.807, 2.05) is 6.92 Å². The number of non-ortho nitro benzene ring substituents is 1. The Kier molecular flexibility index (Phi) is 5.18. The number of anilines is 2. The molecule has 0 radical (unpaired) electrons. The Hall–Kier alpha value is -1.89. The van der Waals surface area contributed by atoms with Crippen molar-refractivity contribution >= 4 is 57.6 Å². The van der Waals surface area contributed by atoms with Crippen LogP contribution in [0.4, 0.5) is 17.1 Å². The Bertz CT molecular complexity index is 733. The molecule has 5 nitrogen and oxygen atoms in total. The Labute approximate surface area is 142 Å². The third-order valence-corrected chi connectivity index (χ3v) is 3.44. The molecule has 2 N–H and O–H groups in total. The van der Waals surface area contributed by atoms with Crippen molar-refractivity contribution in [1.82, 2.24) is 0 Å². The second kappa shape index (κ2) is 6.91. The molecule has 114 valence electrons. The normalized spacial score (nSPS) is 10.1. The fraction of sp³-hybridized carbons (Fsp3) is 0.0714. The van der Waals surface area contributed by atoms with E-state index in [9.17, 15) is 10.1 Å². The molecule has 0 unspecified atom stereocenters. The van der Waals surface area contributed by atoms with E-state index >= 15 is 0 Å². The van der Waals surface area contributed by atoms with Gasteiger partial charge in [-0.25, -0.2) is 0 Å². The summed E-state index contributed by atoms with van der Waals surface area (Å²) in [6.07, 6.45) is 0. The Morgan fingerprint density at radius 2 is 1.77 bits per heavy atom. The predicted molar refractivity (Wildman–Crippen MR) is 94.1 cm³/mol. The highest BCUT2D eigenvalue weighted by molar-refractivity contribution is 7.80. The van der Waals surface area contributed by atoms with E-state index in [0.29, 0.717) is 21.4 Å². The maximum Gasteiger partial charge on any atom is 0.271 e. The van der Waals surface area contributed by atoms with Gasteiger partial charge >= 0.3 is 0 Å². The van der Waals surface area contributed by atoms with Gasteiger partial charge in [-0.1, -0.05) is 29.3 Å². The number of benzene rings is 2. The molecule has 0 fully saturated rings. The van der Waals surface area contributed by atoms with Crippen LogP contribution in [0.3, 0.4) is 0 Å². The molecule has 0 bridgehead atoms. The van der Waals surface area contributed by atoms with Crippen LogP contribution < -0.4 is 10.6 Å². The van der Waals surface area contributed by atoms with Gasteiger partial charge in [0.05, 0.1) is 4.92 Å². The largest absolute Gasteiger partial charge is 0.332 e. The van der Waals surface area contributed by atoms with E-state index in [2.05, 4.69) is 10.6 Å². The van der Waals surface area contributed by atoms with Crippen LogP contribution in [-0.2, 0) is 0 Å². The summed E-state index contributed by atoms with van der Waals surface area (Å²) < 4.78 is 0. The maximum atomic E-state index is 10.8. The average Bonchev–Trinajstić information content (AvgIpc) is 2.39. The zero-order chi connectivity index (χ0) is 16.3. The van der Waals surface area contributed by atoms with Crippen molar-refractivity contribution in [2.24, 2.45) is 0 Å². The number of nitro benzene ring substituents is 1. The summed E-state index contributed by atoms with van der Waals surface area (Å²) >= 11 is 17.0. The van der Waals surface area contributed by atoms with Gasteiger partial charge < -0.3 is 10.6 Å². The highest BCUT2D eigenvalue weighted by Crippen LogP contribution is 2.24. The number of hydrogen-bond donors (Lipinski definition) is 2. The van der Waals surface area contributed by atoms with Crippen LogP contribution >= 0.6 is 35.4 Å². The SMILES string of the molecule is Cc1ccc([N+](=O)[O-])cc1NC(=S)Nc1cc(Cl)cc(Cl)c1. The van der Waals surface area contributed by atoms with Crippen molar-refractivity contribution in [3.8, 4) is 0 Å². The monoisotopic (exact) mass is 355 g/mol. The summed E-state index contributed by atoms with van der Waals surface area (Å²) in [7, 11) is 0. The van der Waals surface area contributed by atoms with Crippen molar-refractivity contribution in [2.75, 3.05) is 10.6 Å². The molecule has 0 saturated carbocycles. The molecule has 2 aromatic carbocycles. The average molecular weight is 356 g/mol. The van der Waals surface area contributed by atoms with E-state index in [4.69, 9.17) is 35.4 Å². The summed E-state index contributed by atoms with van der Waals surface area (Å²) in [5.74, 6) is 0. The second-order valence-electron chi connectivity index (χ2n) is 4.49. The molecule has 0 atom stereocenters. The molecular weight excluding hydrogens is 345 g/mol. The third kappa shape index (κ3) is 4.30. The van der Waals surface area contributed by atoms with Gasteiger partial charge in [0, 0.05) is 33.6 Å². The molecule has 8 heteroatoms. The van der Waals surface area contributed by atoms with Gasteiger partial charge in [-0.2, -0.15) is 0 Å². The van der Waals surface area contributed by atoms with Gasteiger partial charge in [0.1, 0.15) is 0 Å². The van der Waals surface area contributed by atoms with Crippen molar-refractivity contribution < 1.29 is 4.92 Å². The van der Waals surface area contributed by atoms with Gasteiger partial charge in [-0.05, 0) is 42.9 Å².